The molecule has 0 amide bonds. The van der Waals surface area contributed by atoms with Gasteiger partial charge in [0.1, 0.15) is 0 Å². The topological polar surface area (TPSA) is 15.9 Å². The van der Waals surface area contributed by atoms with Gasteiger partial charge in [-0.3, -0.25) is 0 Å². The van der Waals surface area contributed by atoms with E-state index in [0.29, 0.717) is 0 Å². The van der Waals surface area contributed by atoms with Gasteiger partial charge in [0.05, 0.1) is 6.54 Å². The maximum atomic E-state index is 9.75. The van der Waals surface area contributed by atoms with Crippen LogP contribution >= 0.6 is 0 Å². The Morgan fingerprint density at radius 3 is 1.28 bits per heavy atom. The van der Waals surface area contributed by atoms with Gasteiger partial charge in [-0.25, -0.2) is 0 Å². The van der Waals surface area contributed by atoms with Crippen LogP contribution in [0.1, 0.15) is 6.92 Å². The molecule has 32 heavy (non-hydrogen) atoms. The first-order chi connectivity index (χ1) is 15.4. The van der Waals surface area contributed by atoms with Crippen molar-refractivity contribution in [3.8, 4) is 33.6 Å². The Kier molecular flexibility index (Phi) is 7.65. The number of halogens is 4. The van der Waals surface area contributed by atoms with Crippen LogP contribution < -0.4 is 10.1 Å². The standard InChI is InChI=1S/C25H23N2.BF4/c1-2-26-27-24(21-14-8-4-9-15-21)18-23(20-12-6-3-7-13-20)19-25(27)22-16-10-5-11-17-22;2-1(3,4)5/h3-19,26H,2H2,1H3;/q+1;-1. The average Bonchev–Trinajstić information content (AvgIpc) is 2.80. The third-order valence-electron chi connectivity index (χ3n) is 4.63. The van der Waals surface area contributed by atoms with E-state index in [4.69, 9.17) is 0 Å². The second-order valence-corrected chi connectivity index (χ2v) is 6.95. The fourth-order valence-electron chi connectivity index (χ4n) is 3.36. The summed E-state index contributed by atoms with van der Waals surface area (Å²) in [6.07, 6.45) is 0. The largest absolute Gasteiger partial charge is 0.673 e. The quantitative estimate of drug-likeness (QED) is 0.205. The van der Waals surface area contributed by atoms with E-state index in [1.54, 1.807) is 0 Å². The zero-order chi connectivity index (χ0) is 23.0. The van der Waals surface area contributed by atoms with Crippen molar-refractivity contribution in [3.05, 3.63) is 103 Å². The van der Waals surface area contributed by atoms with Crippen LogP contribution in [0.4, 0.5) is 17.3 Å². The molecule has 4 rings (SSSR count). The molecule has 0 aliphatic heterocycles. The highest BCUT2D eigenvalue weighted by Gasteiger charge is 2.23. The molecular formula is C25H23BF4N2. The van der Waals surface area contributed by atoms with Gasteiger partial charge in [-0.1, -0.05) is 71.4 Å². The summed E-state index contributed by atoms with van der Waals surface area (Å²) in [7, 11) is -6.00. The highest BCUT2D eigenvalue weighted by atomic mass is 19.5. The van der Waals surface area contributed by atoms with E-state index in [2.05, 4.69) is 120 Å². The molecule has 0 aliphatic rings. The fourth-order valence-corrected chi connectivity index (χ4v) is 3.36. The first kappa shape index (κ1) is 23.1. The number of benzene rings is 3. The van der Waals surface area contributed by atoms with Gasteiger partial charge >= 0.3 is 7.25 Å². The molecule has 0 saturated heterocycles. The van der Waals surface area contributed by atoms with Crippen LogP contribution in [0.2, 0.25) is 0 Å². The third kappa shape index (κ3) is 6.44. The van der Waals surface area contributed by atoms with Crippen LogP contribution in [0.3, 0.4) is 0 Å². The van der Waals surface area contributed by atoms with Crippen molar-refractivity contribution in [2.45, 2.75) is 6.92 Å². The zero-order valence-corrected chi connectivity index (χ0v) is 17.6. The van der Waals surface area contributed by atoms with Crippen LogP contribution in [-0.4, -0.2) is 13.8 Å². The Balaban J connectivity index is 0.000000523. The van der Waals surface area contributed by atoms with E-state index in [1.807, 2.05) is 0 Å². The van der Waals surface area contributed by atoms with Crippen molar-refractivity contribution in [2.24, 2.45) is 0 Å². The lowest BCUT2D eigenvalue weighted by Gasteiger charge is -2.12. The van der Waals surface area contributed by atoms with Gasteiger partial charge in [0.2, 0.25) is 11.4 Å². The summed E-state index contributed by atoms with van der Waals surface area (Å²) in [5.74, 6) is 0. The monoisotopic (exact) mass is 438 g/mol. The number of nitrogens with zero attached hydrogens (tertiary/aromatic N) is 1. The molecule has 2 nitrogen and oxygen atoms in total. The number of nitrogens with one attached hydrogen (secondary N) is 1. The van der Waals surface area contributed by atoms with Crippen LogP contribution in [0.5, 0.6) is 0 Å². The van der Waals surface area contributed by atoms with Gasteiger partial charge < -0.3 is 17.3 Å². The van der Waals surface area contributed by atoms with Crippen molar-refractivity contribution in [2.75, 3.05) is 12.0 Å². The first-order valence-electron chi connectivity index (χ1n) is 10.2. The maximum absolute atomic E-state index is 9.75. The van der Waals surface area contributed by atoms with Crippen LogP contribution in [-0.2, 0) is 0 Å². The molecule has 0 saturated carbocycles. The highest BCUT2D eigenvalue weighted by Crippen LogP contribution is 2.28. The Bertz CT molecular complexity index is 1050. The van der Waals surface area contributed by atoms with E-state index in [9.17, 15) is 17.3 Å². The lowest BCUT2D eigenvalue weighted by Crippen LogP contribution is -2.49. The van der Waals surface area contributed by atoms with Crippen LogP contribution in [0.25, 0.3) is 33.6 Å². The predicted molar refractivity (Wildman–Crippen MR) is 123 cm³/mol. The van der Waals surface area contributed by atoms with Crippen molar-refractivity contribution >= 4 is 7.25 Å². The van der Waals surface area contributed by atoms with E-state index >= 15 is 0 Å². The average molecular weight is 438 g/mol. The Morgan fingerprint density at radius 2 is 0.938 bits per heavy atom. The fraction of sp³-hybridized carbons (Fsp3) is 0.0800. The molecule has 0 radical (unpaired) electrons. The van der Waals surface area contributed by atoms with E-state index < -0.39 is 7.25 Å². The van der Waals surface area contributed by atoms with E-state index in [-0.39, 0.29) is 0 Å². The summed E-state index contributed by atoms with van der Waals surface area (Å²) in [4.78, 5) is 0. The summed E-state index contributed by atoms with van der Waals surface area (Å²) in [6.45, 7) is 2.97. The molecule has 0 unspecified atom stereocenters. The third-order valence-corrected chi connectivity index (χ3v) is 4.63. The lowest BCUT2D eigenvalue weighted by molar-refractivity contribution is -0.627. The molecule has 1 aromatic heterocycles. The smallest absolute Gasteiger partial charge is 0.418 e. The minimum absolute atomic E-state index is 0.842. The normalized spacial score (nSPS) is 10.8. The van der Waals surface area contributed by atoms with Gasteiger partial charge in [0.15, 0.2) is 0 Å². The molecule has 4 aromatic rings. The van der Waals surface area contributed by atoms with Crippen molar-refractivity contribution in [1.29, 1.82) is 0 Å². The number of rotatable bonds is 5. The number of hydrogen-bond donors (Lipinski definition) is 1. The minimum Gasteiger partial charge on any atom is -0.418 e. The van der Waals surface area contributed by atoms with Gasteiger partial charge in [0.25, 0.3) is 0 Å². The number of aromatic nitrogens is 1. The molecule has 164 valence electrons. The summed E-state index contributed by atoms with van der Waals surface area (Å²) < 4.78 is 41.2. The first-order valence-corrected chi connectivity index (χ1v) is 10.2. The number of pyridine rings is 1. The van der Waals surface area contributed by atoms with Crippen molar-refractivity contribution in [3.63, 3.8) is 0 Å². The van der Waals surface area contributed by atoms with Gasteiger partial charge in [-0.05, 0) is 42.3 Å². The van der Waals surface area contributed by atoms with Gasteiger partial charge in [0, 0.05) is 23.3 Å². The second kappa shape index (κ2) is 10.6. The van der Waals surface area contributed by atoms with E-state index in [1.165, 1.54) is 22.3 Å². The minimum atomic E-state index is -6.00. The Hall–Kier alpha value is -3.61. The van der Waals surface area contributed by atoms with Gasteiger partial charge in [-0.15, -0.1) is 0 Å². The molecule has 7 heteroatoms. The number of hydrogen-bond acceptors (Lipinski definition) is 1. The Labute approximate surface area is 185 Å². The summed E-state index contributed by atoms with van der Waals surface area (Å²) in [5, 5.41) is 0. The van der Waals surface area contributed by atoms with Crippen LogP contribution in [0, 0.1) is 0 Å². The highest BCUT2D eigenvalue weighted by molar-refractivity contribution is 6.50. The predicted octanol–water partition coefficient (Wildman–Crippen LogP) is 6.84. The molecule has 0 bridgehead atoms. The maximum Gasteiger partial charge on any atom is 0.673 e. The molecule has 0 aliphatic carbocycles. The molecule has 0 atom stereocenters. The summed E-state index contributed by atoms with van der Waals surface area (Å²) in [6, 6.07) is 36.2. The summed E-state index contributed by atoms with van der Waals surface area (Å²) >= 11 is 0. The molecule has 0 fully saturated rings. The SMILES string of the molecule is CCN[n+]1c(-c2ccccc2)cc(-c2ccccc2)cc1-c1ccccc1.F[B-](F)(F)F. The molecule has 0 spiro atoms. The Morgan fingerprint density at radius 1 is 0.594 bits per heavy atom. The zero-order valence-electron chi connectivity index (χ0n) is 17.6. The molecule has 1 heterocycles. The second-order valence-electron chi connectivity index (χ2n) is 6.95. The summed E-state index contributed by atoms with van der Waals surface area (Å²) in [5.41, 5.74) is 10.6. The van der Waals surface area contributed by atoms with E-state index in [0.717, 1.165) is 17.9 Å². The van der Waals surface area contributed by atoms with Crippen molar-refractivity contribution < 1.29 is 21.9 Å². The molecule has 3 aromatic carbocycles. The molecular weight excluding hydrogens is 415 g/mol. The van der Waals surface area contributed by atoms with Crippen LogP contribution in [0.15, 0.2) is 103 Å². The lowest BCUT2D eigenvalue weighted by atomic mass is 10.00. The van der Waals surface area contributed by atoms with Crippen molar-refractivity contribution in [1.82, 2.24) is 0 Å². The molecule has 1 N–H and O–H groups in total. The van der Waals surface area contributed by atoms with Gasteiger partial charge in [-0.2, -0.15) is 5.43 Å².